The smallest absolute Gasteiger partial charge is 0.255 e. The van der Waals surface area contributed by atoms with Gasteiger partial charge in [0.1, 0.15) is 0 Å². The molecule has 0 spiro atoms. The number of sulfone groups is 1. The van der Waals surface area contributed by atoms with Crippen LogP contribution >= 0.6 is 0 Å². The Kier molecular flexibility index (Phi) is 9.15. The zero-order chi connectivity index (χ0) is 25.4. The molecule has 1 unspecified atom stereocenters. The Morgan fingerprint density at radius 2 is 1.53 bits per heavy atom. The number of nitrogens with zero attached hydrogens (tertiary/aromatic N) is 2. The highest BCUT2D eigenvalue weighted by atomic mass is 32.2. The third-order valence-corrected chi connectivity index (χ3v) is 8.90. The molecule has 8 heteroatoms. The number of fused-ring (bicyclic) bond motifs is 1. The van der Waals surface area contributed by atoms with E-state index >= 15 is 0 Å². The van der Waals surface area contributed by atoms with Gasteiger partial charge in [-0.3, -0.25) is 14.5 Å². The number of hydrogen-bond acceptors (Lipinski definition) is 5. The molecule has 0 aliphatic carbocycles. The SMILES string of the molecule is O=C1CC2CCCCN2CCCCN(C(=O)c2ccccc2S(=O)(=O)Cc2ccccc2)CCCN1. The van der Waals surface area contributed by atoms with Crippen LogP contribution in [0.5, 0.6) is 0 Å². The predicted octanol–water partition coefficient (Wildman–Crippen LogP) is 3.65. The van der Waals surface area contributed by atoms with Gasteiger partial charge >= 0.3 is 0 Å². The number of hydrogen-bond donors (Lipinski definition) is 1. The summed E-state index contributed by atoms with van der Waals surface area (Å²) in [5, 5.41) is 3.02. The number of carbonyl (C=O) groups excluding carboxylic acids is 2. The highest BCUT2D eigenvalue weighted by molar-refractivity contribution is 7.90. The van der Waals surface area contributed by atoms with Crippen LogP contribution in [0.2, 0.25) is 0 Å². The lowest BCUT2D eigenvalue weighted by Gasteiger charge is -2.35. The minimum atomic E-state index is -3.70. The van der Waals surface area contributed by atoms with Gasteiger partial charge in [0, 0.05) is 32.1 Å². The van der Waals surface area contributed by atoms with E-state index in [0.717, 1.165) is 38.8 Å². The number of piperidine rings is 1. The molecule has 0 aromatic heterocycles. The standard InChI is InChI=1S/C28H37N3O4S/c32-27-21-24-13-6-7-17-30(24)18-8-9-19-31(20-10-16-29-27)28(33)25-14-4-5-15-26(25)36(34,35)22-23-11-2-1-3-12-23/h1-5,11-12,14-15,24H,6-10,13,16-22H2,(H,29,32). The van der Waals surface area contributed by atoms with E-state index in [9.17, 15) is 18.0 Å². The summed E-state index contributed by atoms with van der Waals surface area (Å²) in [6, 6.07) is 15.9. The van der Waals surface area contributed by atoms with Gasteiger partial charge in [0.2, 0.25) is 5.91 Å². The van der Waals surface area contributed by atoms with Crippen molar-refractivity contribution in [3.05, 3.63) is 65.7 Å². The van der Waals surface area contributed by atoms with Crippen LogP contribution in [0.15, 0.2) is 59.5 Å². The second-order valence-electron chi connectivity index (χ2n) is 9.83. The van der Waals surface area contributed by atoms with Gasteiger partial charge in [0.05, 0.1) is 16.2 Å². The van der Waals surface area contributed by atoms with Gasteiger partial charge in [0.15, 0.2) is 9.84 Å². The summed E-state index contributed by atoms with van der Waals surface area (Å²) in [4.78, 5) is 30.4. The van der Waals surface area contributed by atoms with Crippen LogP contribution in [0.4, 0.5) is 0 Å². The van der Waals surface area contributed by atoms with Crippen molar-refractivity contribution >= 4 is 21.7 Å². The van der Waals surface area contributed by atoms with E-state index in [1.165, 1.54) is 12.5 Å². The molecule has 0 saturated carbocycles. The maximum absolute atomic E-state index is 13.7. The van der Waals surface area contributed by atoms with Crippen molar-refractivity contribution in [3.8, 4) is 0 Å². The van der Waals surface area contributed by atoms with Crippen LogP contribution in [0.25, 0.3) is 0 Å². The summed E-state index contributed by atoms with van der Waals surface area (Å²) in [6.07, 6.45) is 6.35. The minimum absolute atomic E-state index is 0.0707. The Morgan fingerprint density at radius 3 is 2.33 bits per heavy atom. The van der Waals surface area contributed by atoms with Crippen LogP contribution in [-0.4, -0.2) is 68.8 Å². The summed E-state index contributed by atoms with van der Waals surface area (Å²) in [5.74, 6) is -0.345. The fourth-order valence-electron chi connectivity index (χ4n) is 5.26. The molecule has 2 aromatic rings. The largest absolute Gasteiger partial charge is 0.356 e. The number of carbonyl (C=O) groups is 2. The van der Waals surface area contributed by atoms with Crippen LogP contribution < -0.4 is 5.32 Å². The Hall–Kier alpha value is -2.71. The van der Waals surface area contributed by atoms with Gasteiger partial charge in [-0.1, -0.05) is 48.9 Å². The molecule has 2 heterocycles. The predicted molar refractivity (Wildman–Crippen MR) is 140 cm³/mol. The molecule has 2 aromatic carbocycles. The molecule has 0 bridgehead atoms. The first-order chi connectivity index (χ1) is 17.4. The monoisotopic (exact) mass is 511 g/mol. The minimum Gasteiger partial charge on any atom is -0.356 e. The average molecular weight is 512 g/mol. The van der Waals surface area contributed by atoms with Crippen molar-refractivity contribution in [1.29, 1.82) is 0 Å². The lowest BCUT2D eigenvalue weighted by atomic mass is 9.98. The molecule has 1 atom stereocenters. The van der Waals surface area contributed by atoms with E-state index in [1.807, 2.05) is 18.2 Å². The van der Waals surface area contributed by atoms with Crippen molar-refractivity contribution in [2.75, 3.05) is 32.7 Å². The Bertz CT molecular complexity index is 1140. The number of amides is 2. The van der Waals surface area contributed by atoms with Crippen LogP contribution in [0.3, 0.4) is 0 Å². The Labute approximate surface area is 214 Å². The van der Waals surface area contributed by atoms with Gasteiger partial charge in [-0.15, -0.1) is 0 Å². The van der Waals surface area contributed by atoms with Gasteiger partial charge in [-0.25, -0.2) is 8.42 Å². The van der Waals surface area contributed by atoms with E-state index < -0.39 is 9.84 Å². The first-order valence-corrected chi connectivity index (χ1v) is 14.7. The fourth-order valence-corrected chi connectivity index (χ4v) is 6.82. The maximum Gasteiger partial charge on any atom is 0.255 e. The molecule has 2 saturated heterocycles. The van der Waals surface area contributed by atoms with E-state index in [-0.39, 0.29) is 28.0 Å². The number of nitrogens with one attached hydrogen (secondary N) is 1. The summed E-state index contributed by atoms with van der Waals surface area (Å²) in [7, 11) is -3.70. The fraction of sp³-hybridized carbons (Fsp3) is 0.500. The van der Waals surface area contributed by atoms with Gasteiger partial charge < -0.3 is 10.2 Å². The normalized spacial score (nSPS) is 20.8. The average Bonchev–Trinajstić information content (AvgIpc) is 2.89. The second-order valence-corrected chi connectivity index (χ2v) is 11.8. The third kappa shape index (κ3) is 6.95. The molecule has 2 aliphatic heterocycles. The second kappa shape index (κ2) is 12.5. The van der Waals surface area contributed by atoms with E-state index in [1.54, 1.807) is 35.2 Å². The first-order valence-electron chi connectivity index (χ1n) is 13.1. The van der Waals surface area contributed by atoms with Gasteiger partial charge in [0.25, 0.3) is 5.91 Å². The molecule has 4 rings (SSSR count). The highest BCUT2D eigenvalue weighted by Crippen LogP contribution is 2.23. The van der Waals surface area contributed by atoms with E-state index in [4.69, 9.17) is 0 Å². The van der Waals surface area contributed by atoms with Gasteiger partial charge in [-0.2, -0.15) is 0 Å². The molecule has 2 fully saturated rings. The van der Waals surface area contributed by atoms with Crippen molar-refractivity contribution in [1.82, 2.24) is 15.1 Å². The van der Waals surface area contributed by atoms with Crippen molar-refractivity contribution < 1.29 is 18.0 Å². The quantitative estimate of drug-likeness (QED) is 0.677. The third-order valence-electron chi connectivity index (χ3n) is 7.16. The summed E-state index contributed by atoms with van der Waals surface area (Å²) in [6.45, 7) is 3.48. The number of benzene rings is 2. The Morgan fingerprint density at radius 1 is 0.861 bits per heavy atom. The highest BCUT2D eigenvalue weighted by Gasteiger charge is 2.27. The molecule has 2 amide bonds. The van der Waals surface area contributed by atoms with Crippen molar-refractivity contribution in [2.45, 2.75) is 61.6 Å². The van der Waals surface area contributed by atoms with Crippen LogP contribution in [0.1, 0.15) is 60.9 Å². The Balaban J connectivity index is 1.50. The van der Waals surface area contributed by atoms with Crippen LogP contribution in [-0.2, 0) is 20.4 Å². The molecule has 1 N–H and O–H groups in total. The zero-order valence-corrected chi connectivity index (χ0v) is 21.7. The molecular formula is C28H37N3O4S. The summed E-state index contributed by atoms with van der Waals surface area (Å²) >= 11 is 0. The van der Waals surface area contributed by atoms with Crippen LogP contribution in [0, 0.1) is 0 Å². The lowest BCUT2D eigenvalue weighted by molar-refractivity contribution is -0.122. The topological polar surface area (TPSA) is 86.8 Å². The molecule has 2 aliphatic rings. The molecule has 7 nitrogen and oxygen atoms in total. The molecule has 0 radical (unpaired) electrons. The summed E-state index contributed by atoms with van der Waals surface area (Å²) in [5.41, 5.74) is 0.909. The van der Waals surface area contributed by atoms with Crippen molar-refractivity contribution in [3.63, 3.8) is 0 Å². The zero-order valence-electron chi connectivity index (χ0n) is 20.9. The maximum atomic E-state index is 13.7. The molecule has 194 valence electrons. The molecular weight excluding hydrogens is 474 g/mol. The summed E-state index contributed by atoms with van der Waals surface area (Å²) < 4.78 is 26.6. The van der Waals surface area contributed by atoms with E-state index in [0.29, 0.717) is 44.1 Å². The molecule has 36 heavy (non-hydrogen) atoms. The van der Waals surface area contributed by atoms with Crippen molar-refractivity contribution in [2.24, 2.45) is 0 Å². The van der Waals surface area contributed by atoms with E-state index in [2.05, 4.69) is 10.2 Å². The number of rotatable bonds is 4. The lowest BCUT2D eigenvalue weighted by Crippen LogP contribution is -2.43. The van der Waals surface area contributed by atoms with Gasteiger partial charge in [-0.05, 0) is 62.9 Å². The first kappa shape index (κ1) is 26.4.